The van der Waals surface area contributed by atoms with Crippen LogP contribution in [0.1, 0.15) is 5.56 Å². The molecule has 1 rings (SSSR count). The zero-order valence-electron chi connectivity index (χ0n) is 8.49. The van der Waals surface area contributed by atoms with Gasteiger partial charge >= 0.3 is 11.8 Å². The molecule has 8 nitrogen and oxygen atoms in total. The number of benzene rings is 1. The van der Waals surface area contributed by atoms with Gasteiger partial charge in [-0.2, -0.15) is 5.10 Å². The Morgan fingerprint density at radius 3 is 2.65 bits per heavy atom. The number of amides is 2. The summed E-state index contributed by atoms with van der Waals surface area (Å²) in [6.07, 6.45) is 1.05. The van der Waals surface area contributed by atoms with Crippen molar-refractivity contribution in [3.63, 3.8) is 0 Å². The van der Waals surface area contributed by atoms with Gasteiger partial charge < -0.3 is 5.73 Å². The van der Waals surface area contributed by atoms with E-state index in [1.165, 1.54) is 18.2 Å². The van der Waals surface area contributed by atoms with E-state index in [9.17, 15) is 19.7 Å². The molecule has 88 valence electrons. The molecule has 0 radical (unpaired) electrons. The molecule has 1 aromatic rings. The molecule has 0 spiro atoms. The molecule has 0 heterocycles. The lowest BCUT2D eigenvalue weighted by molar-refractivity contribution is -0.385. The molecule has 0 unspecified atom stereocenters. The molecule has 8 heteroatoms. The van der Waals surface area contributed by atoms with Crippen LogP contribution in [0.15, 0.2) is 29.4 Å². The highest BCUT2D eigenvalue weighted by Crippen LogP contribution is 2.14. The van der Waals surface area contributed by atoms with E-state index in [4.69, 9.17) is 0 Å². The lowest BCUT2D eigenvalue weighted by atomic mass is 10.2. The van der Waals surface area contributed by atoms with Gasteiger partial charge in [-0.05, 0) is 6.07 Å². The number of nitrogens with one attached hydrogen (secondary N) is 1. The second kappa shape index (κ2) is 5.35. The summed E-state index contributed by atoms with van der Waals surface area (Å²) in [5.41, 5.74) is 6.52. The van der Waals surface area contributed by atoms with Crippen molar-refractivity contribution in [3.8, 4) is 0 Å². The lowest BCUT2D eigenvalue weighted by Gasteiger charge is -1.96. The molecule has 0 bridgehead atoms. The zero-order chi connectivity index (χ0) is 12.8. The average molecular weight is 236 g/mol. The normalized spacial score (nSPS) is 10.1. The van der Waals surface area contributed by atoms with Crippen LogP contribution in [0.5, 0.6) is 0 Å². The van der Waals surface area contributed by atoms with Gasteiger partial charge in [-0.15, -0.1) is 0 Å². The maximum Gasteiger partial charge on any atom is 0.329 e. The highest BCUT2D eigenvalue weighted by Gasteiger charge is 2.10. The molecule has 0 aliphatic heterocycles. The minimum Gasteiger partial charge on any atom is -0.361 e. The third-order valence-corrected chi connectivity index (χ3v) is 1.73. The predicted octanol–water partition coefficient (Wildman–Crippen LogP) is -0.470. The van der Waals surface area contributed by atoms with Crippen LogP contribution < -0.4 is 11.2 Å². The van der Waals surface area contributed by atoms with Gasteiger partial charge in [-0.25, -0.2) is 5.43 Å². The number of rotatable bonds is 3. The number of nitrogens with two attached hydrogens (primary N) is 1. The number of primary amides is 1. The highest BCUT2D eigenvalue weighted by atomic mass is 16.6. The molecule has 0 aliphatic carbocycles. The summed E-state index contributed by atoms with van der Waals surface area (Å²) >= 11 is 0. The third kappa shape index (κ3) is 3.38. The van der Waals surface area contributed by atoms with Gasteiger partial charge in [0.15, 0.2) is 0 Å². The van der Waals surface area contributed by atoms with E-state index in [0.717, 1.165) is 6.21 Å². The van der Waals surface area contributed by atoms with Crippen molar-refractivity contribution in [1.29, 1.82) is 0 Å². The number of nitrogens with zero attached hydrogens (tertiary/aromatic N) is 2. The fourth-order valence-electron chi connectivity index (χ4n) is 0.979. The van der Waals surface area contributed by atoms with Gasteiger partial charge in [0, 0.05) is 6.07 Å². The number of hydrazone groups is 1. The van der Waals surface area contributed by atoms with Crippen LogP contribution in [0.3, 0.4) is 0 Å². The molecule has 0 atom stereocenters. The second-order valence-electron chi connectivity index (χ2n) is 2.88. The second-order valence-corrected chi connectivity index (χ2v) is 2.88. The molecule has 0 saturated carbocycles. The Balaban J connectivity index is 2.81. The van der Waals surface area contributed by atoms with Crippen LogP contribution in [0.25, 0.3) is 0 Å². The summed E-state index contributed by atoms with van der Waals surface area (Å²) < 4.78 is 0. The minimum atomic E-state index is -1.19. The number of carbonyl (C=O) groups is 2. The van der Waals surface area contributed by atoms with E-state index in [2.05, 4.69) is 10.8 Å². The molecule has 1 aromatic carbocycles. The van der Waals surface area contributed by atoms with E-state index >= 15 is 0 Å². The maximum absolute atomic E-state index is 10.7. The monoisotopic (exact) mass is 236 g/mol. The smallest absolute Gasteiger partial charge is 0.329 e. The first-order valence-corrected chi connectivity index (χ1v) is 4.38. The van der Waals surface area contributed by atoms with E-state index < -0.39 is 16.7 Å². The molecule has 0 saturated heterocycles. The van der Waals surface area contributed by atoms with E-state index in [0.29, 0.717) is 0 Å². The zero-order valence-corrected chi connectivity index (χ0v) is 8.49. The molecular formula is C9H8N4O4. The Hall–Kier alpha value is -2.77. The Labute approximate surface area is 95.3 Å². The van der Waals surface area contributed by atoms with E-state index in [1.807, 2.05) is 5.43 Å². The van der Waals surface area contributed by atoms with E-state index in [1.54, 1.807) is 6.07 Å². The van der Waals surface area contributed by atoms with Gasteiger partial charge in [-0.1, -0.05) is 12.1 Å². The predicted molar refractivity (Wildman–Crippen MR) is 58.0 cm³/mol. The summed E-state index contributed by atoms with van der Waals surface area (Å²) in [4.78, 5) is 31.1. The number of para-hydroxylation sites is 1. The fraction of sp³-hybridized carbons (Fsp3) is 0. The molecule has 0 fully saturated rings. The van der Waals surface area contributed by atoms with Crippen LogP contribution in [0, 0.1) is 10.1 Å². The number of carbonyl (C=O) groups excluding carboxylic acids is 2. The summed E-state index contributed by atoms with van der Waals surface area (Å²) in [7, 11) is 0. The van der Waals surface area contributed by atoms with Gasteiger partial charge in [0.1, 0.15) is 0 Å². The number of hydrogen-bond acceptors (Lipinski definition) is 5. The molecule has 0 aromatic heterocycles. The Bertz CT molecular complexity index is 498. The minimum absolute atomic E-state index is 0.162. The van der Waals surface area contributed by atoms with Crippen LogP contribution >= 0.6 is 0 Å². The lowest BCUT2D eigenvalue weighted by Crippen LogP contribution is -2.32. The molecule has 2 amide bonds. The number of hydrogen-bond donors (Lipinski definition) is 2. The van der Waals surface area contributed by atoms with Crippen molar-refractivity contribution in [3.05, 3.63) is 39.9 Å². The van der Waals surface area contributed by atoms with Gasteiger partial charge in [-0.3, -0.25) is 19.7 Å². The average Bonchev–Trinajstić information content (AvgIpc) is 2.29. The van der Waals surface area contributed by atoms with Crippen LogP contribution in [0.2, 0.25) is 0 Å². The summed E-state index contributed by atoms with van der Waals surface area (Å²) in [5.74, 6) is -2.29. The topological polar surface area (TPSA) is 128 Å². The van der Waals surface area contributed by atoms with Crippen LogP contribution in [-0.2, 0) is 9.59 Å². The van der Waals surface area contributed by atoms with Crippen molar-refractivity contribution in [2.75, 3.05) is 0 Å². The first-order chi connectivity index (χ1) is 8.02. The van der Waals surface area contributed by atoms with E-state index in [-0.39, 0.29) is 11.3 Å². The Morgan fingerprint density at radius 2 is 2.06 bits per heavy atom. The molecule has 0 aliphatic rings. The van der Waals surface area contributed by atoms with Crippen molar-refractivity contribution >= 4 is 23.7 Å². The quantitative estimate of drug-likeness (QED) is 0.318. The van der Waals surface area contributed by atoms with Crippen LogP contribution in [0.4, 0.5) is 5.69 Å². The number of nitro groups is 1. The highest BCUT2D eigenvalue weighted by molar-refractivity contribution is 6.34. The maximum atomic E-state index is 10.7. The Morgan fingerprint density at radius 1 is 1.41 bits per heavy atom. The standard InChI is InChI=1S/C9H8N4O4/c10-8(14)9(15)12-11-5-6-3-1-2-4-7(6)13(16)17/h1-5H,(H2,10,14)(H,12,15)/b11-5+. The summed E-state index contributed by atoms with van der Waals surface area (Å²) in [5, 5.41) is 14.0. The summed E-state index contributed by atoms with van der Waals surface area (Å²) in [6, 6.07) is 5.80. The Kier molecular flexibility index (Phi) is 3.87. The fourth-order valence-corrected chi connectivity index (χ4v) is 0.979. The van der Waals surface area contributed by atoms with Crippen molar-refractivity contribution in [2.45, 2.75) is 0 Å². The largest absolute Gasteiger partial charge is 0.361 e. The summed E-state index contributed by atoms with van der Waals surface area (Å²) in [6.45, 7) is 0. The van der Waals surface area contributed by atoms with Gasteiger partial charge in [0.05, 0.1) is 16.7 Å². The van der Waals surface area contributed by atoms with Crippen LogP contribution in [-0.4, -0.2) is 23.0 Å². The van der Waals surface area contributed by atoms with Gasteiger partial charge in [0.2, 0.25) is 0 Å². The first-order valence-electron chi connectivity index (χ1n) is 4.38. The number of nitro benzene ring substituents is 1. The third-order valence-electron chi connectivity index (χ3n) is 1.73. The van der Waals surface area contributed by atoms with Crippen molar-refractivity contribution in [2.24, 2.45) is 10.8 Å². The van der Waals surface area contributed by atoms with Crippen molar-refractivity contribution < 1.29 is 14.5 Å². The van der Waals surface area contributed by atoms with Crippen molar-refractivity contribution in [1.82, 2.24) is 5.43 Å². The first kappa shape index (κ1) is 12.3. The SMILES string of the molecule is NC(=O)C(=O)N/N=C/c1ccccc1[N+](=O)[O-]. The molecular weight excluding hydrogens is 228 g/mol. The van der Waals surface area contributed by atoms with Gasteiger partial charge in [0.25, 0.3) is 5.69 Å². The molecule has 3 N–H and O–H groups in total. The molecule has 17 heavy (non-hydrogen) atoms.